The van der Waals surface area contributed by atoms with Gasteiger partial charge in [-0.15, -0.1) is 0 Å². The van der Waals surface area contributed by atoms with Crippen LogP contribution in [-0.4, -0.2) is 17.6 Å². The number of halogens is 1. The number of hydrogen-bond acceptors (Lipinski definition) is 3. The molecule has 0 unspecified atom stereocenters. The van der Waals surface area contributed by atoms with Gasteiger partial charge < -0.3 is 14.8 Å². The highest BCUT2D eigenvalue weighted by atomic mass is 19.1. The summed E-state index contributed by atoms with van der Waals surface area (Å²) in [4.78, 5) is 11.9. The maximum atomic E-state index is 13.4. The Morgan fingerprint density at radius 2 is 2.25 bits per heavy atom. The summed E-state index contributed by atoms with van der Waals surface area (Å²) in [7, 11) is 0. The third kappa shape index (κ3) is 3.25. The number of carbonyl (C=O) groups is 1. The van der Waals surface area contributed by atoms with E-state index in [0.717, 1.165) is 0 Å². The minimum atomic E-state index is -0.511. The van der Waals surface area contributed by atoms with Crippen LogP contribution in [0.15, 0.2) is 34.9 Å². The first-order chi connectivity index (χ1) is 9.60. The van der Waals surface area contributed by atoms with Gasteiger partial charge in [-0.3, -0.25) is 4.79 Å². The fourth-order valence-electron chi connectivity index (χ4n) is 1.60. The minimum absolute atomic E-state index is 0.111. The molecule has 0 aliphatic carbocycles. The molecule has 1 amide bonds. The largest absolute Gasteiger partial charge is 0.469 e. The van der Waals surface area contributed by atoms with Gasteiger partial charge in [-0.1, -0.05) is 11.8 Å². The third-order valence-electron chi connectivity index (χ3n) is 2.52. The lowest BCUT2D eigenvalue weighted by molar-refractivity contribution is 0.102. The van der Waals surface area contributed by atoms with Crippen LogP contribution in [0.5, 0.6) is 0 Å². The summed E-state index contributed by atoms with van der Waals surface area (Å²) in [6, 6.07) is 5.65. The Bertz CT molecular complexity index is 695. The third-order valence-corrected chi connectivity index (χ3v) is 2.52. The molecular weight excluding hydrogens is 261 g/mol. The molecule has 0 aliphatic rings. The molecule has 0 fully saturated rings. The molecule has 1 aromatic carbocycles. The molecule has 0 bridgehead atoms. The second-order valence-electron chi connectivity index (χ2n) is 4.05. The standard InChI is InChI=1S/C15H12FNO3/c1-10-7-12(9-20-10)15(19)17-13-4-5-14(16)11(8-13)3-2-6-18/h4-5,7-9,18H,6H2,1H3,(H,17,19). The molecule has 0 radical (unpaired) electrons. The number of anilines is 1. The van der Waals surface area contributed by atoms with Crippen molar-refractivity contribution in [2.45, 2.75) is 6.92 Å². The minimum Gasteiger partial charge on any atom is -0.469 e. The molecule has 4 nitrogen and oxygen atoms in total. The first kappa shape index (κ1) is 13.8. The Morgan fingerprint density at radius 3 is 2.90 bits per heavy atom. The fraction of sp³-hybridized carbons (Fsp3) is 0.133. The Balaban J connectivity index is 2.19. The molecule has 0 aliphatic heterocycles. The van der Waals surface area contributed by atoms with Crippen molar-refractivity contribution in [2.24, 2.45) is 0 Å². The smallest absolute Gasteiger partial charge is 0.258 e. The first-order valence-electron chi connectivity index (χ1n) is 5.86. The van der Waals surface area contributed by atoms with Crippen LogP contribution in [0.4, 0.5) is 10.1 Å². The maximum absolute atomic E-state index is 13.4. The molecular formula is C15H12FNO3. The van der Waals surface area contributed by atoms with Crippen LogP contribution in [0.25, 0.3) is 0 Å². The zero-order valence-electron chi connectivity index (χ0n) is 10.7. The predicted octanol–water partition coefficient (Wildman–Crippen LogP) is 2.32. The molecule has 0 spiro atoms. The lowest BCUT2D eigenvalue weighted by atomic mass is 10.2. The van der Waals surface area contributed by atoms with E-state index in [2.05, 4.69) is 17.2 Å². The molecule has 2 aromatic rings. The number of aliphatic hydroxyl groups is 1. The molecule has 1 heterocycles. The number of aryl methyl sites for hydroxylation is 1. The fourth-order valence-corrected chi connectivity index (χ4v) is 1.60. The molecule has 0 saturated heterocycles. The van der Waals surface area contributed by atoms with Gasteiger partial charge in [-0.05, 0) is 31.2 Å². The molecule has 20 heavy (non-hydrogen) atoms. The van der Waals surface area contributed by atoms with Gasteiger partial charge >= 0.3 is 0 Å². The maximum Gasteiger partial charge on any atom is 0.258 e. The average molecular weight is 273 g/mol. The highest BCUT2D eigenvalue weighted by Crippen LogP contribution is 2.16. The van der Waals surface area contributed by atoms with Crippen molar-refractivity contribution in [1.29, 1.82) is 0 Å². The molecule has 5 heteroatoms. The molecule has 102 valence electrons. The lowest BCUT2D eigenvalue weighted by Crippen LogP contribution is -2.11. The summed E-state index contributed by atoms with van der Waals surface area (Å²) >= 11 is 0. The first-order valence-corrected chi connectivity index (χ1v) is 5.86. The van der Waals surface area contributed by atoms with E-state index in [0.29, 0.717) is 17.0 Å². The van der Waals surface area contributed by atoms with E-state index in [9.17, 15) is 9.18 Å². The molecule has 0 saturated carbocycles. The summed E-state index contributed by atoms with van der Waals surface area (Å²) < 4.78 is 18.5. The van der Waals surface area contributed by atoms with Gasteiger partial charge in [-0.25, -0.2) is 4.39 Å². The van der Waals surface area contributed by atoms with Crippen LogP contribution in [0.3, 0.4) is 0 Å². The van der Waals surface area contributed by atoms with Crippen LogP contribution in [0, 0.1) is 24.6 Å². The van der Waals surface area contributed by atoms with Gasteiger partial charge in [0.25, 0.3) is 5.91 Å². The van der Waals surface area contributed by atoms with Gasteiger partial charge in [0.05, 0.1) is 11.1 Å². The summed E-state index contributed by atoms with van der Waals surface area (Å²) in [6.07, 6.45) is 1.35. The van der Waals surface area contributed by atoms with Crippen LogP contribution in [0.1, 0.15) is 21.7 Å². The zero-order chi connectivity index (χ0) is 14.5. The summed E-state index contributed by atoms with van der Waals surface area (Å²) in [5.41, 5.74) is 0.910. The summed E-state index contributed by atoms with van der Waals surface area (Å²) in [5.74, 6) is 4.60. The predicted molar refractivity (Wildman–Crippen MR) is 71.8 cm³/mol. The van der Waals surface area contributed by atoms with Crippen LogP contribution in [-0.2, 0) is 0 Å². The van der Waals surface area contributed by atoms with Gasteiger partial charge in [0.2, 0.25) is 0 Å². The summed E-state index contributed by atoms with van der Waals surface area (Å²) in [6.45, 7) is 1.38. The van der Waals surface area contributed by atoms with E-state index in [-0.39, 0.29) is 18.1 Å². The quantitative estimate of drug-likeness (QED) is 0.825. The van der Waals surface area contributed by atoms with Gasteiger partial charge in [0, 0.05) is 5.69 Å². The SMILES string of the molecule is Cc1cc(C(=O)Nc2ccc(F)c(C#CCO)c2)co1. The number of benzene rings is 1. The average Bonchev–Trinajstić information content (AvgIpc) is 2.86. The number of amides is 1. The van der Waals surface area contributed by atoms with Crippen LogP contribution >= 0.6 is 0 Å². The number of rotatable bonds is 2. The number of nitrogens with one attached hydrogen (secondary N) is 1. The van der Waals surface area contributed by atoms with Crippen molar-refractivity contribution in [3.8, 4) is 11.8 Å². The number of furan rings is 1. The highest BCUT2D eigenvalue weighted by Gasteiger charge is 2.10. The van der Waals surface area contributed by atoms with Crippen LogP contribution < -0.4 is 5.32 Å². The van der Waals surface area contributed by atoms with Crippen LogP contribution in [0.2, 0.25) is 0 Å². The Kier molecular flexibility index (Phi) is 4.18. The molecule has 0 atom stereocenters. The Hall–Kier alpha value is -2.58. The van der Waals surface area contributed by atoms with E-state index in [1.165, 1.54) is 24.5 Å². The second-order valence-corrected chi connectivity index (χ2v) is 4.05. The van der Waals surface area contributed by atoms with E-state index in [1.54, 1.807) is 13.0 Å². The van der Waals surface area contributed by atoms with Crippen molar-refractivity contribution in [3.63, 3.8) is 0 Å². The zero-order valence-corrected chi connectivity index (χ0v) is 10.7. The Labute approximate surface area is 115 Å². The number of aliphatic hydroxyl groups excluding tert-OH is 1. The van der Waals surface area contributed by atoms with Crippen molar-refractivity contribution in [1.82, 2.24) is 0 Å². The highest BCUT2D eigenvalue weighted by molar-refractivity contribution is 6.04. The Morgan fingerprint density at radius 1 is 1.45 bits per heavy atom. The van der Waals surface area contributed by atoms with Gasteiger partial charge in [-0.2, -0.15) is 0 Å². The van der Waals surface area contributed by atoms with Gasteiger partial charge in [0.1, 0.15) is 24.4 Å². The van der Waals surface area contributed by atoms with Gasteiger partial charge in [0.15, 0.2) is 0 Å². The number of carbonyl (C=O) groups excluding carboxylic acids is 1. The monoisotopic (exact) mass is 273 g/mol. The molecule has 2 N–H and O–H groups in total. The second kappa shape index (κ2) is 6.04. The topological polar surface area (TPSA) is 62.5 Å². The van der Waals surface area contributed by atoms with E-state index < -0.39 is 5.82 Å². The van der Waals surface area contributed by atoms with Crippen molar-refractivity contribution in [3.05, 3.63) is 53.2 Å². The lowest BCUT2D eigenvalue weighted by Gasteiger charge is -2.04. The van der Waals surface area contributed by atoms with E-state index in [1.807, 2.05) is 0 Å². The van der Waals surface area contributed by atoms with Crippen molar-refractivity contribution in [2.75, 3.05) is 11.9 Å². The van der Waals surface area contributed by atoms with Crippen molar-refractivity contribution < 1.29 is 18.7 Å². The van der Waals surface area contributed by atoms with E-state index >= 15 is 0 Å². The molecule has 1 aromatic heterocycles. The van der Waals surface area contributed by atoms with Crippen molar-refractivity contribution >= 4 is 11.6 Å². The molecule has 2 rings (SSSR count). The van der Waals surface area contributed by atoms with E-state index in [4.69, 9.17) is 9.52 Å². The number of hydrogen-bond donors (Lipinski definition) is 2. The summed E-state index contributed by atoms with van der Waals surface area (Å²) in [5, 5.41) is 11.2. The normalized spacial score (nSPS) is 9.75.